The summed E-state index contributed by atoms with van der Waals surface area (Å²) in [6.45, 7) is 6.37. The molecule has 2 aromatic carbocycles. The molecule has 1 aromatic heterocycles. The zero-order valence-corrected chi connectivity index (χ0v) is 18.1. The number of nitrogens with one attached hydrogen (secondary N) is 1. The van der Waals surface area contributed by atoms with Crippen molar-refractivity contribution in [1.82, 2.24) is 5.32 Å². The third-order valence-electron chi connectivity index (χ3n) is 4.51. The predicted octanol–water partition coefficient (Wildman–Crippen LogP) is 5.11. The Hall–Kier alpha value is -3.25. The molecule has 1 N–H and O–H groups in total. The van der Waals surface area contributed by atoms with Crippen molar-refractivity contribution >= 4 is 5.91 Å². The highest BCUT2D eigenvalue weighted by atomic mass is 16.5. The second-order valence-corrected chi connectivity index (χ2v) is 7.02. The molecule has 0 atom stereocenters. The van der Waals surface area contributed by atoms with Crippen molar-refractivity contribution in [2.75, 3.05) is 13.2 Å². The van der Waals surface area contributed by atoms with Crippen LogP contribution in [-0.2, 0) is 24.5 Å². The van der Waals surface area contributed by atoms with Gasteiger partial charge < -0.3 is 23.9 Å². The lowest BCUT2D eigenvalue weighted by Gasteiger charge is -2.13. The van der Waals surface area contributed by atoms with Crippen molar-refractivity contribution in [1.29, 1.82) is 0 Å². The summed E-state index contributed by atoms with van der Waals surface area (Å²) in [7, 11) is 0. The number of ether oxygens (including phenoxy) is 3. The molecule has 0 aliphatic rings. The lowest BCUT2D eigenvalue weighted by Crippen LogP contribution is -2.23. The van der Waals surface area contributed by atoms with Crippen LogP contribution in [0.15, 0.2) is 65.3 Å². The zero-order chi connectivity index (χ0) is 21.9. The first-order chi connectivity index (χ1) is 15.2. The molecule has 6 heteroatoms. The summed E-state index contributed by atoms with van der Waals surface area (Å²) in [6, 6.07) is 16.9. The maximum atomic E-state index is 12.6. The molecule has 0 fully saturated rings. The number of hydrogen-bond donors (Lipinski definition) is 1. The largest absolute Gasteiger partial charge is 0.490 e. The molecule has 0 spiro atoms. The van der Waals surface area contributed by atoms with Crippen LogP contribution in [0.25, 0.3) is 0 Å². The second-order valence-electron chi connectivity index (χ2n) is 7.02. The van der Waals surface area contributed by atoms with Gasteiger partial charge >= 0.3 is 0 Å². The first-order valence-corrected chi connectivity index (χ1v) is 10.6. The van der Waals surface area contributed by atoms with Gasteiger partial charge in [0, 0.05) is 12.1 Å². The van der Waals surface area contributed by atoms with Crippen LogP contribution in [0, 0.1) is 0 Å². The van der Waals surface area contributed by atoms with Gasteiger partial charge in [0.1, 0.15) is 12.4 Å². The summed E-state index contributed by atoms with van der Waals surface area (Å²) < 4.78 is 22.3. The minimum atomic E-state index is -0.164. The quantitative estimate of drug-likeness (QED) is 0.438. The molecule has 0 unspecified atom stereocenters. The maximum Gasteiger partial charge on any atom is 0.251 e. The van der Waals surface area contributed by atoms with Gasteiger partial charge in [-0.05, 0) is 54.8 Å². The molecular weight excluding hydrogens is 394 g/mol. The fourth-order valence-corrected chi connectivity index (χ4v) is 3.03. The van der Waals surface area contributed by atoms with Crippen molar-refractivity contribution < 1.29 is 23.4 Å². The highest BCUT2D eigenvalue weighted by Crippen LogP contribution is 2.28. The van der Waals surface area contributed by atoms with Crippen molar-refractivity contribution in [3.63, 3.8) is 0 Å². The smallest absolute Gasteiger partial charge is 0.251 e. The number of furan rings is 1. The fraction of sp³-hybridized carbons (Fsp3) is 0.320. The molecular formula is C25H29NO5. The van der Waals surface area contributed by atoms with E-state index in [1.54, 1.807) is 24.5 Å². The summed E-state index contributed by atoms with van der Waals surface area (Å²) in [5.41, 5.74) is 2.57. The van der Waals surface area contributed by atoms with Gasteiger partial charge in [-0.1, -0.05) is 31.2 Å². The van der Waals surface area contributed by atoms with E-state index < -0.39 is 0 Å². The van der Waals surface area contributed by atoms with Gasteiger partial charge in [0.2, 0.25) is 0 Å². The predicted molar refractivity (Wildman–Crippen MR) is 118 cm³/mol. The van der Waals surface area contributed by atoms with Crippen LogP contribution in [0.1, 0.15) is 47.5 Å². The Balaban J connectivity index is 1.55. The van der Waals surface area contributed by atoms with E-state index in [2.05, 4.69) is 5.32 Å². The molecule has 6 nitrogen and oxygen atoms in total. The normalized spacial score (nSPS) is 10.6. The number of amides is 1. The average molecular weight is 424 g/mol. The molecule has 0 aliphatic heterocycles. The standard InChI is InChI=1S/C25H29NO5/c1-3-12-31-23-11-10-21(15-24(23)29-4-2)25(27)26-16-19-7-5-8-20(14-19)17-28-18-22-9-6-13-30-22/h5-11,13-15H,3-4,12,16-18H2,1-2H3,(H,26,27). The Morgan fingerprint density at radius 1 is 0.935 bits per heavy atom. The minimum Gasteiger partial charge on any atom is -0.490 e. The van der Waals surface area contributed by atoms with E-state index in [4.69, 9.17) is 18.6 Å². The van der Waals surface area contributed by atoms with Crippen LogP contribution in [0.3, 0.4) is 0 Å². The summed E-state index contributed by atoms with van der Waals surface area (Å²) in [4.78, 5) is 12.6. The molecule has 1 heterocycles. The molecule has 31 heavy (non-hydrogen) atoms. The summed E-state index contributed by atoms with van der Waals surface area (Å²) in [5.74, 6) is 1.87. The molecule has 3 rings (SSSR count). The molecule has 1 amide bonds. The van der Waals surface area contributed by atoms with Crippen LogP contribution in [-0.4, -0.2) is 19.1 Å². The maximum absolute atomic E-state index is 12.6. The number of carbonyl (C=O) groups excluding carboxylic acids is 1. The monoisotopic (exact) mass is 423 g/mol. The number of hydrogen-bond acceptors (Lipinski definition) is 5. The molecule has 0 radical (unpaired) electrons. The minimum absolute atomic E-state index is 0.164. The lowest BCUT2D eigenvalue weighted by atomic mass is 10.1. The first-order valence-electron chi connectivity index (χ1n) is 10.6. The van der Waals surface area contributed by atoms with E-state index in [9.17, 15) is 4.79 Å². The second kappa shape index (κ2) is 11.8. The van der Waals surface area contributed by atoms with E-state index >= 15 is 0 Å². The van der Waals surface area contributed by atoms with Gasteiger partial charge in [-0.3, -0.25) is 4.79 Å². The topological polar surface area (TPSA) is 69.9 Å². The van der Waals surface area contributed by atoms with Crippen molar-refractivity contribution in [2.45, 2.75) is 40.0 Å². The van der Waals surface area contributed by atoms with Crippen LogP contribution in [0.5, 0.6) is 11.5 Å². The van der Waals surface area contributed by atoms with Gasteiger partial charge in [-0.25, -0.2) is 0 Å². The van der Waals surface area contributed by atoms with Crippen molar-refractivity contribution in [3.8, 4) is 11.5 Å². The fourth-order valence-electron chi connectivity index (χ4n) is 3.03. The van der Waals surface area contributed by atoms with Crippen LogP contribution in [0.2, 0.25) is 0 Å². The van der Waals surface area contributed by atoms with Crippen molar-refractivity contribution in [3.05, 3.63) is 83.3 Å². The number of benzene rings is 2. The van der Waals surface area contributed by atoms with Crippen LogP contribution in [0.4, 0.5) is 0 Å². The SMILES string of the molecule is CCCOc1ccc(C(=O)NCc2cccc(COCc3ccco3)c2)cc1OCC. The van der Waals surface area contributed by atoms with Crippen LogP contribution >= 0.6 is 0 Å². The van der Waals surface area contributed by atoms with Gasteiger partial charge in [-0.2, -0.15) is 0 Å². The van der Waals surface area contributed by atoms with Gasteiger partial charge in [0.25, 0.3) is 5.91 Å². The Morgan fingerprint density at radius 2 is 1.81 bits per heavy atom. The van der Waals surface area contributed by atoms with E-state index in [0.29, 0.717) is 50.0 Å². The summed E-state index contributed by atoms with van der Waals surface area (Å²) >= 11 is 0. The van der Waals surface area contributed by atoms with Crippen molar-refractivity contribution in [2.24, 2.45) is 0 Å². The average Bonchev–Trinajstić information content (AvgIpc) is 3.30. The highest BCUT2D eigenvalue weighted by molar-refractivity contribution is 5.94. The molecule has 164 valence electrons. The van der Waals surface area contributed by atoms with E-state index in [1.807, 2.05) is 50.2 Å². The summed E-state index contributed by atoms with van der Waals surface area (Å²) in [5, 5.41) is 2.96. The van der Waals surface area contributed by atoms with Crippen LogP contribution < -0.4 is 14.8 Å². The Morgan fingerprint density at radius 3 is 2.58 bits per heavy atom. The molecule has 0 aliphatic carbocycles. The van der Waals surface area contributed by atoms with Gasteiger partial charge in [0.15, 0.2) is 11.5 Å². The van der Waals surface area contributed by atoms with Gasteiger partial charge in [-0.15, -0.1) is 0 Å². The lowest BCUT2D eigenvalue weighted by molar-refractivity contribution is 0.0928. The number of rotatable bonds is 12. The van der Waals surface area contributed by atoms with E-state index in [-0.39, 0.29) is 5.91 Å². The van der Waals surface area contributed by atoms with E-state index in [0.717, 1.165) is 23.3 Å². The Kier molecular flexibility index (Phi) is 8.55. The zero-order valence-electron chi connectivity index (χ0n) is 18.1. The highest BCUT2D eigenvalue weighted by Gasteiger charge is 2.12. The van der Waals surface area contributed by atoms with E-state index in [1.165, 1.54) is 0 Å². The molecule has 3 aromatic rings. The first kappa shape index (κ1) is 22.4. The summed E-state index contributed by atoms with van der Waals surface area (Å²) in [6.07, 6.45) is 2.53. The Bertz CT molecular complexity index is 952. The third-order valence-corrected chi connectivity index (χ3v) is 4.51. The molecule has 0 saturated heterocycles. The third kappa shape index (κ3) is 6.89. The van der Waals surface area contributed by atoms with Gasteiger partial charge in [0.05, 0.1) is 26.1 Å². The molecule has 0 saturated carbocycles. The Labute approximate surface area is 183 Å². The molecule has 0 bridgehead atoms. The number of carbonyl (C=O) groups is 1.